The summed E-state index contributed by atoms with van der Waals surface area (Å²) in [6.07, 6.45) is 2.08. The molecule has 1 aromatic rings. The first kappa shape index (κ1) is 14.3. The fraction of sp³-hybridized carbons (Fsp3) is 0.500. The smallest absolute Gasteiger partial charge is 0.157 e. The Morgan fingerprint density at radius 3 is 2.63 bits per heavy atom. The number of hydrogen-bond acceptors (Lipinski definition) is 2. The van der Waals surface area contributed by atoms with Crippen LogP contribution >= 0.6 is 11.8 Å². The molecule has 1 aliphatic heterocycles. The Labute approximate surface area is 116 Å². The number of amidine groups is 1. The molecule has 1 aliphatic rings. The third kappa shape index (κ3) is 3.26. The lowest BCUT2D eigenvalue weighted by Crippen LogP contribution is -2.42. The highest BCUT2D eigenvalue weighted by Gasteiger charge is 2.33. The molecular weight excluding hydrogens is 266 g/mol. The van der Waals surface area contributed by atoms with Gasteiger partial charge in [0.1, 0.15) is 11.6 Å². The lowest BCUT2D eigenvalue weighted by atomic mass is 9.96. The summed E-state index contributed by atoms with van der Waals surface area (Å²) in [5.74, 6) is -0.104. The van der Waals surface area contributed by atoms with Gasteiger partial charge in [-0.2, -0.15) is 0 Å². The van der Waals surface area contributed by atoms with E-state index in [-0.39, 0.29) is 12.1 Å². The molecule has 0 atom stereocenters. The predicted molar refractivity (Wildman–Crippen MR) is 76.4 cm³/mol. The van der Waals surface area contributed by atoms with Gasteiger partial charge in [0, 0.05) is 22.9 Å². The molecule has 0 bridgehead atoms. The van der Waals surface area contributed by atoms with E-state index in [2.05, 4.69) is 24.2 Å². The number of rotatable bonds is 4. The highest BCUT2D eigenvalue weighted by atomic mass is 32.2. The predicted octanol–water partition coefficient (Wildman–Crippen LogP) is 3.72. The molecule has 0 amide bonds. The van der Waals surface area contributed by atoms with Crippen molar-refractivity contribution < 1.29 is 8.78 Å². The SMILES string of the molecule is CCC1(CC)CSC(=NCc2ccc(F)cc2F)N1. The minimum absolute atomic E-state index is 0.116. The first-order valence-electron chi connectivity index (χ1n) is 6.48. The number of halogens is 2. The van der Waals surface area contributed by atoms with Gasteiger partial charge >= 0.3 is 0 Å². The van der Waals surface area contributed by atoms with Crippen molar-refractivity contribution in [1.29, 1.82) is 0 Å². The van der Waals surface area contributed by atoms with Crippen LogP contribution in [0.2, 0.25) is 0 Å². The maximum atomic E-state index is 13.5. The molecule has 5 heteroatoms. The van der Waals surface area contributed by atoms with Gasteiger partial charge in [-0.3, -0.25) is 4.99 Å². The Morgan fingerprint density at radius 2 is 2.05 bits per heavy atom. The molecule has 104 valence electrons. The van der Waals surface area contributed by atoms with Gasteiger partial charge in [0.25, 0.3) is 0 Å². The zero-order chi connectivity index (χ0) is 13.9. The molecule has 1 N–H and O–H groups in total. The van der Waals surface area contributed by atoms with E-state index in [1.54, 1.807) is 11.8 Å². The van der Waals surface area contributed by atoms with Gasteiger partial charge in [0.15, 0.2) is 5.17 Å². The average Bonchev–Trinajstić information content (AvgIpc) is 2.82. The molecule has 0 unspecified atom stereocenters. The van der Waals surface area contributed by atoms with Gasteiger partial charge in [-0.15, -0.1) is 0 Å². The number of nitrogens with one attached hydrogen (secondary N) is 1. The zero-order valence-electron chi connectivity index (χ0n) is 11.2. The van der Waals surface area contributed by atoms with Crippen molar-refractivity contribution in [2.75, 3.05) is 5.75 Å². The van der Waals surface area contributed by atoms with Crippen molar-refractivity contribution in [3.8, 4) is 0 Å². The molecular formula is C14H18F2N2S. The molecule has 1 heterocycles. The van der Waals surface area contributed by atoms with E-state index in [1.165, 1.54) is 12.1 Å². The third-order valence-electron chi connectivity index (χ3n) is 3.62. The first-order valence-corrected chi connectivity index (χ1v) is 7.46. The van der Waals surface area contributed by atoms with Crippen LogP contribution in [0.1, 0.15) is 32.3 Å². The van der Waals surface area contributed by atoms with E-state index >= 15 is 0 Å². The summed E-state index contributed by atoms with van der Waals surface area (Å²) in [6.45, 7) is 4.55. The minimum Gasteiger partial charge on any atom is -0.359 e. The number of aliphatic imine (C=N–C) groups is 1. The fourth-order valence-electron chi connectivity index (χ4n) is 2.03. The fourth-order valence-corrected chi connectivity index (χ4v) is 3.37. The number of benzene rings is 1. The molecule has 1 saturated heterocycles. The summed E-state index contributed by atoms with van der Waals surface area (Å²) in [6, 6.07) is 3.60. The van der Waals surface area contributed by atoms with Crippen LogP contribution in [0.15, 0.2) is 23.2 Å². The van der Waals surface area contributed by atoms with Gasteiger partial charge in [0.05, 0.1) is 6.54 Å². The van der Waals surface area contributed by atoms with Gasteiger partial charge in [-0.1, -0.05) is 31.7 Å². The Balaban J connectivity index is 2.04. The lowest BCUT2D eigenvalue weighted by Gasteiger charge is -2.25. The monoisotopic (exact) mass is 284 g/mol. The van der Waals surface area contributed by atoms with Crippen molar-refractivity contribution in [2.24, 2.45) is 4.99 Å². The van der Waals surface area contributed by atoms with Gasteiger partial charge in [0.2, 0.25) is 0 Å². The van der Waals surface area contributed by atoms with Gasteiger partial charge in [-0.05, 0) is 18.9 Å². The first-order chi connectivity index (χ1) is 9.08. The van der Waals surface area contributed by atoms with Crippen LogP contribution in [-0.4, -0.2) is 16.5 Å². The molecule has 2 nitrogen and oxygen atoms in total. The molecule has 1 aromatic carbocycles. The maximum Gasteiger partial charge on any atom is 0.157 e. The van der Waals surface area contributed by atoms with Crippen LogP contribution in [0.3, 0.4) is 0 Å². The molecule has 0 aromatic heterocycles. The van der Waals surface area contributed by atoms with Crippen molar-refractivity contribution in [3.63, 3.8) is 0 Å². The molecule has 2 rings (SSSR count). The summed E-state index contributed by atoms with van der Waals surface area (Å²) in [7, 11) is 0. The maximum absolute atomic E-state index is 13.5. The second-order valence-corrected chi connectivity index (χ2v) is 5.72. The highest BCUT2D eigenvalue weighted by Crippen LogP contribution is 2.29. The van der Waals surface area contributed by atoms with Crippen LogP contribution in [0.4, 0.5) is 8.78 Å². The largest absolute Gasteiger partial charge is 0.359 e. The van der Waals surface area contributed by atoms with Crippen molar-refractivity contribution in [3.05, 3.63) is 35.4 Å². The summed E-state index contributed by atoms with van der Waals surface area (Å²) in [4.78, 5) is 4.38. The number of hydrogen-bond donors (Lipinski definition) is 1. The summed E-state index contributed by atoms with van der Waals surface area (Å²) >= 11 is 1.67. The van der Waals surface area contributed by atoms with E-state index in [4.69, 9.17) is 0 Å². The van der Waals surface area contributed by atoms with E-state index in [0.29, 0.717) is 5.56 Å². The summed E-state index contributed by atoms with van der Waals surface area (Å²) in [5.41, 5.74) is 0.534. The zero-order valence-corrected chi connectivity index (χ0v) is 12.0. The molecule has 1 fully saturated rings. The van der Waals surface area contributed by atoms with E-state index < -0.39 is 11.6 Å². The molecule has 19 heavy (non-hydrogen) atoms. The second-order valence-electron chi connectivity index (χ2n) is 4.76. The Bertz CT molecular complexity index is 484. The summed E-state index contributed by atoms with van der Waals surface area (Å²) < 4.78 is 26.3. The van der Waals surface area contributed by atoms with Crippen molar-refractivity contribution in [2.45, 2.75) is 38.8 Å². The van der Waals surface area contributed by atoms with Crippen LogP contribution in [0.25, 0.3) is 0 Å². The highest BCUT2D eigenvalue weighted by molar-refractivity contribution is 8.14. The van der Waals surface area contributed by atoms with E-state index in [9.17, 15) is 8.78 Å². The Morgan fingerprint density at radius 1 is 1.32 bits per heavy atom. The standard InChI is InChI=1S/C14H18F2N2S/c1-3-14(4-2)9-19-13(18-14)17-8-10-5-6-11(15)7-12(10)16/h5-7H,3-4,8-9H2,1-2H3,(H,17,18). The molecule has 0 radical (unpaired) electrons. The van der Waals surface area contributed by atoms with Gasteiger partial charge in [-0.25, -0.2) is 8.78 Å². The van der Waals surface area contributed by atoms with Crippen LogP contribution < -0.4 is 5.32 Å². The van der Waals surface area contributed by atoms with Crippen LogP contribution in [0.5, 0.6) is 0 Å². The normalized spacial score (nSPS) is 19.7. The van der Waals surface area contributed by atoms with E-state index in [0.717, 1.165) is 29.8 Å². The Kier molecular flexibility index (Phi) is 4.45. The summed E-state index contributed by atoms with van der Waals surface area (Å²) in [5, 5.41) is 4.28. The molecule has 0 spiro atoms. The van der Waals surface area contributed by atoms with Crippen LogP contribution in [0, 0.1) is 11.6 Å². The quantitative estimate of drug-likeness (QED) is 0.911. The Hall–Kier alpha value is -1.10. The van der Waals surface area contributed by atoms with E-state index in [1.807, 2.05) is 0 Å². The lowest BCUT2D eigenvalue weighted by molar-refractivity contribution is 0.407. The molecule has 0 aliphatic carbocycles. The second kappa shape index (κ2) is 5.90. The van der Waals surface area contributed by atoms with Crippen molar-refractivity contribution in [1.82, 2.24) is 5.32 Å². The average molecular weight is 284 g/mol. The molecule has 0 saturated carbocycles. The van der Waals surface area contributed by atoms with Gasteiger partial charge < -0.3 is 5.32 Å². The third-order valence-corrected chi connectivity index (χ3v) is 4.82. The van der Waals surface area contributed by atoms with Crippen molar-refractivity contribution >= 4 is 16.9 Å². The van der Waals surface area contributed by atoms with Crippen LogP contribution in [-0.2, 0) is 6.54 Å². The number of nitrogens with zero attached hydrogens (tertiary/aromatic N) is 1. The topological polar surface area (TPSA) is 24.4 Å². The minimum atomic E-state index is -0.557. The number of thioether (sulfide) groups is 1.